The number of rotatable bonds is 8. The van der Waals surface area contributed by atoms with Crippen molar-refractivity contribution in [2.45, 2.75) is 13.8 Å². The maximum absolute atomic E-state index is 6.86. The van der Waals surface area contributed by atoms with Crippen LogP contribution in [0.2, 0.25) is 0 Å². The van der Waals surface area contributed by atoms with Crippen molar-refractivity contribution in [2.24, 2.45) is 0 Å². The van der Waals surface area contributed by atoms with Crippen LogP contribution in [-0.2, 0) is 0 Å². The molecule has 0 aliphatic heterocycles. The van der Waals surface area contributed by atoms with Gasteiger partial charge in [-0.1, -0.05) is 127 Å². The Morgan fingerprint density at radius 2 is 0.885 bits per heavy atom. The van der Waals surface area contributed by atoms with Crippen LogP contribution in [0, 0.1) is 13.8 Å². The number of benzene rings is 7. The molecule has 9 aromatic rings. The minimum Gasteiger partial charge on any atom is -0.577 e. The average Bonchev–Trinajstić information content (AvgIpc) is 3.18. The van der Waals surface area contributed by atoms with E-state index in [9.17, 15) is 0 Å². The molecule has 0 fully saturated rings. The van der Waals surface area contributed by atoms with E-state index in [1.165, 1.54) is 21.9 Å². The lowest BCUT2D eigenvalue weighted by Gasteiger charge is -2.20. The minimum absolute atomic E-state index is 0.619. The summed E-state index contributed by atoms with van der Waals surface area (Å²) in [5.74, 6) is 1.93. The summed E-state index contributed by atoms with van der Waals surface area (Å²) < 4.78 is 20.3. The number of fused-ring (bicyclic) bond motifs is 4. The third-order valence-electron chi connectivity index (χ3n) is 9.47. The SMILES string of the molecule is Cc1ccc2cccc([O][Al]([O]c3ccc(-c4cccc(-c5cccc6ccccc56)c4)c4ccccc34)[O]c3cccc4ccc(C)nc34)c2n1. The molecule has 7 aromatic carbocycles. The zero-order valence-electron chi connectivity index (χ0n) is 28.8. The Hall–Kier alpha value is -6.19. The molecule has 0 bridgehead atoms. The van der Waals surface area contributed by atoms with Crippen LogP contribution in [0.15, 0.2) is 164 Å². The van der Waals surface area contributed by atoms with Gasteiger partial charge in [-0.15, -0.1) is 0 Å². The molecule has 2 heterocycles. The lowest BCUT2D eigenvalue weighted by molar-refractivity contribution is 0.311. The van der Waals surface area contributed by atoms with Gasteiger partial charge >= 0.3 is 15.1 Å². The number of aryl methyl sites for hydroxylation is 2. The number of pyridine rings is 2. The molecule has 0 amide bonds. The van der Waals surface area contributed by atoms with Gasteiger partial charge in [0.25, 0.3) is 0 Å². The van der Waals surface area contributed by atoms with Gasteiger partial charge in [0.05, 0.1) is 5.75 Å². The number of hydrogen-bond donors (Lipinski definition) is 0. The Morgan fingerprint density at radius 1 is 0.385 bits per heavy atom. The fraction of sp³-hybridized carbons (Fsp3) is 0.0435. The summed E-state index contributed by atoms with van der Waals surface area (Å²) in [4.78, 5) is 9.64. The Labute approximate surface area is 307 Å². The van der Waals surface area contributed by atoms with Crippen LogP contribution < -0.4 is 11.4 Å². The number of nitrogens with zero attached hydrogens (tertiary/aromatic N) is 2. The number of hydrogen-bond acceptors (Lipinski definition) is 5. The smallest absolute Gasteiger partial charge is 0.577 e. The van der Waals surface area contributed by atoms with E-state index in [0.717, 1.165) is 55.1 Å². The first-order valence-corrected chi connectivity index (χ1v) is 18.8. The molecule has 0 saturated heterocycles. The van der Waals surface area contributed by atoms with Gasteiger partial charge in [-0.25, -0.2) is 9.97 Å². The van der Waals surface area contributed by atoms with E-state index in [1.54, 1.807) is 0 Å². The average molecular weight is 689 g/mol. The molecule has 0 aliphatic carbocycles. The van der Waals surface area contributed by atoms with E-state index >= 15 is 0 Å². The molecule has 248 valence electrons. The molecule has 6 heteroatoms. The topological polar surface area (TPSA) is 53.5 Å². The van der Waals surface area contributed by atoms with E-state index < -0.39 is 15.1 Å². The fourth-order valence-corrected chi connectivity index (χ4v) is 8.32. The molecule has 52 heavy (non-hydrogen) atoms. The number of aromatic nitrogens is 2. The molecule has 0 aliphatic rings. The Morgan fingerprint density at radius 3 is 1.56 bits per heavy atom. The van der Waals surface area contributed by atoms with Crippen LogP contribution in [-0.4, -0.2) is 25.1 Å². The molecular formula is C46H33AlN2O3. The van der Waals surface area contributed by atoms with Crippen molar-refractivity contribution in [3.63, 3.8) is 0 Å². The lowest BCUT2D eigenvalue weighted by Crippen LogP contribution is -2.37. The van der Waals surface area contributed by atoms with Gasteiger partial charge in [0.2, 0.25) is 0 Å². The van der Waals surface area contributed by atoms with Crippen LogP contribution in [0.25, 0.3) is 65.6 Å². The fourth-order valence-electron chi connectivity index (χ4n) is 6.97. The second-order valence-electron chi connectivity index (χ2n) is 13.0. The van der Waals surface area contributed by atoms with E-state index in [2.05, 4.69) is 103 Å². The Kier molecular flexibility index (Phi) is 8.25. The van der Waals surface area contributed by atoms with Gasteiger partial charge in [-0.2, -0.15) is 0 Å². The zero-order valence-corrected chi connectivity index (χ0v) is 29.9. The molecule has 0 atom stereocenters. The maximum atomic E-state index is 6.86. The highest BCUT2D eigenvalue weighted by Gasteiger charge is 2.46. The summed E-state index contributed by atoms with van der Waals surface area (Å²) in [6.45, 7) is 3.96. The monoisotopic (exact) mass is 688 g/mol. The van der Waals surface area contributed by atoms with Gasteiger partial charge in [-0.05, 0) is 88.7 Å². The molecule has 0 unspecified atom stereocenters. The van der Waals surface area contributed by atoms with Crippen molar-refractivity contribution in [1.29, 1.82) is 0 Å². The van der Waals surface area contributed by atoms with Gasteiger partial charge < -0.3 is 11.4 Å². The van der Waals surface area contributed by atoms with Crippen LogP contribution >= 0.6 is 0 Å². The van der Waals surface area contributed by atoms with Crippen LogP contribution in [0.4, 0.5) is 0 Å². The first kappa shape index (κ1) is 31.8. The predicted octanol–water partition coefficient (Wildman–Crippen LogP) is 11.6. The van der Waals surface area contributed by atoms with Crippen molar-refractivity contribution < 1.29 is 11.4 Å². The molecule has 0 saturated carbocycles. The molecular weight excluding hydrogens is 655 g/mol. The summed E-state index contributed by atoms with van der Waals surface area (Å²) in [6.07, 6.45) is 0. The molecule has 5 nitrogen and oxygen atoms in total. The summed E-state index contributed by atoms with van der Waals surface area (Å²) in [7, 11) is 0. The molecule has 0 N–H and O–H groups in total. The van der Waals surface area contributed by atoms with Crippen molar-refractivity contribution in [3.05, 3.63) is 175 Å². The molecule has 0 spiro atoms. The zero-order chi connectivity index (χ0) is 35.0. The summed E-state index contributed by atoms with van der Waals surface area (Å²) in [5.41, 5.74) is 7.98. The second kappa shape index (κ2) is 13.5. The van der Waals surface area contributed by atoms with Crippen molar-refractivity contribution >= 4 is 58.5 Å². The van der Waals surface area contributed by atoms with Crippen molar-refractivity contribution in [3.8, 4) is 39.5 Å². The van der Waals surface area contributed by atoms with Crippen LogP contribution in [0.3, 0.4) is 0 Å². The first-order chi connectivity index (χ1) is 25.6. The quantitative estimate of drug-likeness (QED) is 0.149. The van der Waals surface area contributed by atoms with E-state index in [4.69, 9.17) is 21.3 Å². The normalized spacial score (nSPS) is 11.3. The van der Waals surface area contributed by atoms with E-state index in [1.807, 2.05) is 74.5 Å². The van der Waals surface area contributed by atoms with Gasteiger partial charge in [-0.3, -0.25) is 0 Å². The summed E-state index contributed by atoms with van der Waals surface area (Å²) in [6, 6.07) is 56.3. The van der Waals surface area contributed by atoms with Crippen molar-refractivity contribution in [2.75, 3.05) is 0 Å². The van der Waals surface area contributed by atoms with Gasteiger partial charge in [0.15, 0.2) is 0 Å². The Bertz CT molecular complexity index is 2690. The largest absolute Gasteiger partial charge is 1.20 e. The predicted molar refractivity (Wildman–Crippen MR) is 213 cm³/mol. The highest BCUT2D eigenvalue weighted by atomic mass is 27.3. The third kappa shape index (κ3) is 6.09. The van der Waals surface area contributed by atoms with Crippen molar-refractivity contribution in [1.82, 2.24) is 9.97 Å². The first-order valence-electron chi connectivity index (χ1n) is 17.4. The van der Waals surface area contributed by atoms with Gasteiger partial charge in [0, 0.05) is 27.5 Å². The highest BCUT2D eigenvalue weighted by molar-refractivity contribution is 6.40. The highest BCUT2D eigenvalue weighted by Crippen LogP contribution is 2.38. The minimum atomic E-state index is -3.01. The second-order valence-corrected chi connectivity index (χ2v) is 14.3. The van der Waals surface area contributed by atoms with E-state index in [0.29, 0.717) is 17.2 Å². The molecule has 2 aromatic heterocycles. The summed E-state index contributed by atoms with van der Waals surface area (Å²) in [5, 5.41) is 6.48. The summed E-state index contributed by atoms with van der Waals surface area (Å²) >= 11 is -3.01. The number of para-hydroxylation sites is 2. The van der Waals surface area contributed by atoms with Crippen LogP contribution in [0.1, 0.15) is 11.4 Å². The van der Waals surface area contributed by atoms with E-state index in [-0.39, 0.29) is 0 Å². The third-order valence-corrected chi connectivity index (χ3v) is 10.8. The Balaban J connectivity index is 1.13. The molecule has 0 radical (unpaired) electrons. The maximum Gasteiger partial charge on any atom is 1.20 e. The van der Waals surface area contributed by atoms with Gasteiger partial charge in [0.1, 0.15) is 22.5 Å². The lowest BCUT2D eigenvalue weighted by atomic mass is 9.93. The van der Waals surface area contributed by atoms with Crippen LogP contribution in [0.5, 0.6) is 17.2 Å². The molecule has 9 rings (SSSR count). The standard InChI is InChI=1S/C26H18O.2C10H9NO.Al/c27-26-16-15-23(24-12-3-4-13-25(24)26)20-10-5-9-19(17-20)22-14-6-8-18-7-1-2-11-21(18)22;2*1-7-5-6-8-3-2-4-9(12)10(8)11-7;/h1-17,27H;2*2-6,12H,1H3;/q;;;+3/p-3.